The number of carbonyl (C=O) groups is 1. The molecule has 3 aromatic rings. The number of fused-ring (bicyclic) bond motifs is 1. The Morgan fingerprint density at radius 3 is 2.62 bits per heavy atom. The third kappa shape index (κ3) is 3.28. The van der Waals surface area contributed by atoms with Crippen LogP contribution in [0.25, 0.3) is 11.0 Å². The van der Waals surface area contributed by atoms with Crippen LogP contribution in [-0.2, 0) is 21.3 Å². The van der Waals surface area contributed by atoms with E-state index >= 15 is 0 Å². The van der Waals surface area contributed by atoms with E-state index in [1.807, 2.05) is 0 Å². The van der Waals surface area contributed by atoms with E-state index < -0.39 is 16.0 Å². The lowest BCUT2D eigenvalue weighted by Crippen LogP contribution is -2.23. The Morgan fingerprint density at radius 1 is 1.17 bits per heavy atom. The topological polar surface area (TPSA) is 98.2 Å². The Bertz CT molecular complexity index is 981. The van der Waals surface area contributed by atoms with Crippen LogP contribution in [0.4, 0.5) is 0 Å². The number of rotatable bonds is 5. The summed E-state index contributed by atoms with van der Waals surface area (Å²) in [5.74, 6) is -0.440. The predicted molar refractivity (Wildman–Crippen MR) is 89.2 cm³/mol. The molecule has 0 unspecified atom stereocenters. The van der Waals surface area contributed by atoms with Gasteiger partial charge in [0.25, 0.3) is 0 Å². The molecule has 0 aliphatic carbocycles. The number of carbonyl (C=O) groups excluding carboxylic acids is 1. The lowest BCUT2D eigenvalue weighted by molar-refractivity contribution is 0.0600. The molecule has 24 heavy (non-hydrogen) atoms. The fourth-order valence-corrected chi connectivity index (χ4v) is 3.91. The van der Waals surface area contributed by atoms with Crippen molar-refractivity contribution in [2.75, 3.05) is 7.11 Å². The van der Waals surface area contributed by atoms with Crippen molar-refractivity contribution in [1.82, 2.24) is 13.5 Å². The monoisotopic (exact) mass is 363 g/mol. The predicted octanol–water partition coefficient (Wildman–Crippen LogP) is 1.96. The minimum atomic E-state index is -3.72. The SMILES string of the molecule is COC(=O)c1ccc(CNS(=O)(=O)c2cccc3nsnc23)cc1. The van der Waals surface area contributed by atoms with E-state index in [1.54, 1.807) is 36.4 Å². The van der Waals surface area contributed by atoms with Gasteiger partial charge in [-0.05, 0) is 29.8 Å². The summed E-state index contributed by atoms with van der Waals surface area (Å²) in [6.07, 6.45) is 0. The fourth-order valence-electron chi connectivity index (χ4n) is 2.13. The highest BCUT2D eigenvalue weighted by molar-refractivity contribution is 7.89. The maximum atomic E-state index is 12.5. The molecule has 124 valence electrons. The second kappa shape index (κ2) is 6.63. The van der Waals surface area contributed by atoms with Gasteiger partial charge in [0.15, 0.2) is 0 Å². The summed E-state index contributed by atoms with van der Waals surface area (Å²) in [7, 11) is -2.42. The molecule has 3 rings (SSSR count). The first-order valence-corrected chi connectivity index (χ1v) is 9.11. The van der Waals surface area contributed by atoms with Crippen molar-refractivity contribution in [3.8, 4) is 0 Å². The quantitative estimate of drug-likeness (QED) is 0.696. The maximum absolute atomic E-state index is 12.5. The second-order valence-electron chi connectivity index (χ2n) is 4.90. The first-order chi connectivity index (χ1) is 11.5. The number of nitrogens with zero attached hydrogens (tertiary/aromatic N) is 2. The van der Waals surface area contributed by atoms with E-state index in [2.05, 4.69) is 18.2 Å². The van der Waals surface area contributed by atoms with Gasteiger partial charge in [0.05, 0.1) is 24.4 Å². The second-order valence-corrected chi connectivity index (χ2v) is 7.16. The van der Waals surface area contributed by atoms with Crippen molar-refractivity contribution in [3.05, 3.63) is 53.6 Å². The molecular formula is C15H13N3O4S2. The molecular weight excluding hydrogens is 350 g/mol. The van der Waals surface area contributed by atoms with Crippen molar-refractivity contribution < 1.29 is 17.9 Å². The zero-order valence-corrected chi connectivity index (χ0v) is 14.2. The van der Waals surface area contributed by atoms with E-state index in [4.69, 9.17) is 0 Å². The van der Waals surface area contributed by atoms with Crippen LogP contribution < -0.4 is 4.72 Å². The van der Waals surface area contributed by atoms with E-state index in [-0.39, 0.29) is 11.4 Å². The number of aromatic nitrogens is 2. The van der Waals surface area contributed by atoms with Gasteiger partial charge in [0.1, 0.15) is 15.9 Å². The Labute approximate surface area is 142 Å². The van der Waals surface area contributed by atoms with Crippen molar-refractivity contribution in [2.45, 2.75) is 11.4 Å². The Balaban J connectivity index is 1.78. The smallest absolute Gasteiger partial charge is 0.337 e. The molecule has 0 bridgehead atoms. The van der Waals surface area contributed by atoms with Crippen LogP contribution in [0.15, 0.2) is 47.4 Å². The van der Waals surface area contributed by atoms with Crippen LogP contribution in [0, 0.1) is 0 Å². The van der Waals surface area contributed by atoms with Gasteiger partial charge in [0.2, 0.25) is 10.0 Å². The number of nitrogens with one attached hydrogen (secondary N) is 1. The molecule has 0 saturated heterocycles. The van der Waals surface area contributed by atoms with Crippen LogP contribution >= 0.6 is 11.7 Å². The Kier molecular flexibility index (Phi) is 4.56. The first-order valence-electron chi connectivity index (χ1n) is 6.89. The van der Waals surface area contributed by atoms with Crippen LogP contribution in [0.3, 0.4) is 0 Å². The molecule has 0 radical (unpaired) electrons. The summed E-state index contributed by atoms with van der Waals surface area (Å²) >= 11 is 0.968. The van der Waals surface area contributed by atoms with Crippen molar-refractivity contribution in [3.63, 3.8) is 0 Å². The molecule has 0 aliphatic rings. The van der Waals surface area contributed by atoms with Crippen LogP contribution in [0.1, 0.15) is 15.9 Å². The molecule has 1 N–H and O–H groups in total. The van der Waals surface area contributed by atoms with E-state index in [9.17, 15) is 13.2 Å². The van der Waals surface area contributed by atoms with Crippen LogP contribution in [0.5, 0.6) is 0 Å². The van der Waals surface area contributed by atoms with Gasteiger partial charge in [-0.1, -0.05) is 18.2 Å². The summed E-state index contributed by atoms with van der Waals surface area (Å²) in [6.45, 7) is 0.0950. The Morgan fingerprint density at radius 2 is 1.92 bits per heavy atom. The molecule has 0 amide bonds. The highest BCUT2D eigenvalue weighted by atomic mass is 32.2. The lowest BCUT2D eigenvalue weighted by atomic mass is 10.1. The molecule has 0 aliphatic heterocycles. The molecule has 9 heteroatoms. The third-order valence-electron chi connectivity index (χ3n) is 3.38. The number of ether oxygens (including phenoxy) is 1. The van der Waals surface area contributed by atoms with E-state index in [1.165, 1.54) is 13.2 Å². The molecule has 7 nitrogen and oxygen atoms in total. The molecule has 1 heterocycles. The summed E-state index contributed by atoms with van der Waals surface area (Å²) in [6, 6.07) is 11.3. The molecule has 0 atom stereocenters. The van der Waals surface area contributed by atoms with Crippen LogP contribution in [0.2, 0.25) is 0 Å². The van der Waals surface area contributed by atoms with E-state index in [0.29, 0.717) is 16.6 Å². The highest BCUT2D eigenvalue weighted by Crippen LogP contribution is 2.21. The van der Waals surface area contributed by atoms with E-state index in [0.717, 1.165) is 17.3 Å². The Hall–Kier alpha value is -2.36. The lowest BCUT2D eigenvalue weighted by Gasteiger charge is -2.08. The van der Waals surface area contributed by atoms with Crippen molar-refractivity contribution in [2.24, 2.45) is 0 Å². The van der Waals surface area contributed by atoms with Crippen molar-refractivity contribution in [1.29, 1.82) is 0 Å². The molecule has 0 spiro atoms. The minimum absolute atomic E-state index is 0.0950. The summed E-state index contributed by atoms with van der Waals surface area (Å²) in [5, 5.41) is 0. The van der Waals surface area contributed by atoms with Gasteiger partial charge < -0.3 is 4.74 Å². The number of esters is 1. The number of hydrogen-bond acceptors (Lipinski definition) is 7. The standard InChI is InChI=1S/C15H13N3O4S2/c1-22-15(19)11-7-5-10(6-8-11)9-16-24(20,21)13-4-2-3-12-14(13)18-23-17-12/h2-8,16H,9H2,1H3. The zero-order valence-electron chi connectivity index (χ0n) is 12.6. The molecule has 0 fully saturated rings. The van der Waals surface area contributed by atoms with Gasteiger partial charge in [-0.3, -0.25) is 0 Å². The average Bonchev–Trinajstić information content (AvgIpc) is 3.08. The summed E-state index contributed by atoms with van der Waals surface area (Å²) in [4.78, 5) is 11.5. The maximum Gasteiger partial charge on any atom is 0.337 e. The number of methoxy groups -OCH3 is 1. The number of hydrogen-bond donors (Lipinski definition) is 1. The van der Waals surface area contributed by atoms with Gasteiger partial charge in [-0.25, -0.2) is 17.9 Å². The highest BCUT2D eigenvalue weighted by Gasteiger charge is 2.19. The largest absolute Gasteiger partial charge is 0.465 e. The molecule has 2 aromatic carbocycles. The van der Waals surface area contributed by atoms with Gasteiger partial charge >= 0.3 is 5.97 Å². The number of sulfonamides is 1. The van der Waals surface area contributed by atoms with Gasteiger partial charge in [0, 0.05) is 6.54 Å². The zero-order chi connectivity index (χ0) is 17.2. The summed E-state index contributed by atoms with van der Waals surface area (Å²) < 4.78 is 40.2. The third-order valence-corrected chi connectivity index (χ3v) is 5.36. The minimum Gasteiger partial charge on any atom is -0.465 e. The number of benzene rings is 2. The molecule has 0 saturated carbocycles. The molecule has 1 aromatic heterocycles. The van der Waals surface area contributed by atoms with Crippen LogP contribution in [-0.4, -0.2) is 30.2 Å². The average molecular weight is 363 g/mol. The normalized spacial score (nSPS) is 11.5. The fraction of sp³-hybridized carbons (Fsp3) is 0.133. The van der Waals surface area contributed by atoms with Gasteiger partial charge in [-0.2, -0.15) is 8.75 Å². The van der Waals surface area contributed by atoms with Crippen molar-refractivity contribution >= 4 is 38.8 Å². The summed E-state index contributed by atoms with van der Waals surface area (Å²) in [5.41, 5.74) is 2.03. The van der Waals surface area contributed by atoms with Gasteiger partial charge in [-0.15, -0.1) is 0 Å². The first kappa shape index (κ1) is 16.5.